The molecule has 0 spiro atoms. The lowest BCUT2D eigenvalue weighted by atomic mass is 10.1. The molecule has 0 saturated heterocycles. The summed E-state index contributed by atoms with van der Waals surface area (Å²) < 4.78 is 10.3. The summed E-state index contributed by atoms with van der Waals surface area (Å²) in [6.07, 6.45) is 0. The van der Waals surface area contributed by atoms with Crippen LogP contribution in [0.5, 0.6) is 0 Å². The highest BCUT2D eigenvalue weighted by Crippen LogP contribution is 2.24. The summed E-state index contributed by atoms with van der Waals surface area (Å²) in [6.45, 7) is 3.82. The van der Waals surface area contributed by atoms with Gasteiger partial charge in [0.1, 0.15) is 11.6 Å². The third kappa shape index (κ3) is 2.62. The minimum Gasteiger partial charge on any atom is -0.467 e. The van der Waals surface area contributed by atoms with Crippen LogP contribution in [-0.4, -0.2) is 24.1 Å². The highest BCUT2D eigenvalue weighted by molar-refractivity contribution is 5.87. The van der Waals surface area contributed by atoms with Crippen molar-refractivity contribution in [2.45, 2.75) is 19.9 Å². The lowest BCUT2D eigenvalue weighted by Gasteiger charge is -2.18. The second-order valence-corrected chi connectivity index (χ2v) is 4.60. The predicted molar refractivity (Wildman–Crippen MR) is 72.7 cm³/mol. The molecule has 0 saturated carbocycles. The fourth-order valence-corrected chi connectivity index (χ4v) is 1.79. The van der Waals surface area contributed by atoms with Gasteiger partial charge >= 0.3 is 5.97 Å². The van der Waals surface area contributed by atoms with Gasteiger partial charge in [0.2, 0.25) is 0 Å². The van der Waals surface area contributed by atoms with E-state index in [1.807, 2.05) is 13.8 Å². The van der Waals surface area contributed by atoms with E-state index in [1.165, 1.54) is 7.11 Å². The van der Waals surface area contributed by atoms with E-state index in [1.54, 1.807) is 18.2 Å². The number of rotatable bonds is 4. The lowest BCUT2D eigenvalue weighted by Crippen LogP contribution is -2.35. The summed E-state index contributed by atoms with van der Waals surface area (Å²) in [5.41, 5.74) is 7.50. The third-order valence-electron chi connectivity index (χ3n) is 2.85. The smallest absolute Gasteiger partial charge is 0.328 e. The summed E-state index contributed by atoms with van der Waals surface area (Å²) in [7, 11) is 1.35. The molecule has 6 nitrogen and oxygen atoms in total. The Balaban J connectivity index is 2.29. The topological polar surface area (TPSA) is 90.4 Å². The zero-order valence-electron chi connectivity index (χ0n) is 11.1. The molecule has 2 aromatic rings. The Labute approximate surface area is 110 Å². The van der Waals surface area contributed by atoms with E-state index in [4.69, 9.17) is 14.9 Å². The number of nitrogens with zero attached hydrogens (tertiary/aromatic N) is 1. The van der Waals surface area contributed by atoms with Gasteiger partial charge in [-0.15, -0.1) is 0 Å². The molecule has 1 aromatic carbocycles. The second kappa shape index (κ2) is 5.17. The summed E-state index contributed by atoms with van der Waals surface area (Å²) in [5, 5.41) is 2.94. The number of aromatic nitrogens is 1. The van der Waals surface area contributed by atoms with Crippen molar-refractivity contribution in [2.24, 2.45) is 5.92 Å². The second-order valence-electron chi connectivity index (χ2n) is 4.60. The number of nitrogens with one attached hydrogen (secondary N) is 1. The number of fused-ring (bicyclic) bond motifs is 1. The molecular weight excluding hydrogens is 246 g/mol. The summed E-state index contributed by atoms with van der Waals surface area (Å²) >= 11 is 0. The van der Waals surface area contributed by atoms with Crippen molar-refractivity contribution < 1.29 is 13.9 Å². The molecule has 0 aliphatic rings. The Morgan fingerprint density at radius 3 is 2.79 bits per heavy atom. The van der Waals surface area contributed by atoms with Crippen molar-refractivity contribution >= 4 is 28.8 Å². The summed E-state index contributed by atoms with van der Waals surface area (Å²) in [5.74, 6) is -0.315. The Morgan fingerprint density at radius 1 is 1.47 bits per heavy atom. The molecule has 0 fully saturated rings. The summed E-state index contributed by atoms with van der Waals surface area (Å²) in [6, 6.07) is 5.05. The minimum absolute atomic E-state index is 0.0415. The monoisotopic (exact) mass is 263 g/mol. The van der Waals surface area contributed by atoms with Gasteiger partial charge in [0.25, 0.3) is 6.01 Å². The third-order valence-corrected chi connectivity index (χ3v) is 2.85. The molecule has 1 atom stereocenters. The maximum absolute atomic E-state index is 11.7. The largest absolute Gasteiger partial charge is 0.467 e. The number of para-hydroxylation sites is 1. The van der Waals surface area contributed by atoms with E-state index >= 15 is 0 Å². The molecule has 0 radical (unpaired) electrons. The molecule has 19 heavy (non-hydrogen) atoms. The van der Waals surface area contributed by atoms with Crippen LogP contribution in [0.1, 0.15) is 13.8 Å². The molecule has 1 heterocycles. The highest BCUT2D eigenvalue weighted by atomic mass is 16.5. The SMILES string of the molecule is COC(=O)C(Nc1nc2c(N)cccc2o1)C(C)C. The fraction of sp³-hybridized carbons (Fsp3) is 0.385. The van der Waals surface area contributed by atoms with E-state index < -0.39 is 6.04 Å². The van der Waals surface area contributed by atoms with Gasteiger partial charge in [-0.3, -0.25) is 0 Å². The van der Waals surface area contributed by atoms with Crippen molar-refractivity contribution in [1.29, 1.82) is 0 Å². The average Bonchev–Trinajstić information content (AvgIpc) is 2.79. The number of benzene rings is 1. The maximum Gasteiger partial charge on any atom is 0.328 e. The minimum atomic E-state index is -0.515. The van der Waals surface area contributed by atoms with Crippen LogP contribution < -0.4 is 11.1 Å². The van der Waals surface area contributed by atoms with Gasteiger partial charge in [-0.05, 0) is 18.1 Å². The number of nitrogen functional groups attached to an aromatic ring is 1. The molecule has 0 aliphatic heterocycles. The average molecular weight is 263 g/mol. The number of carbonyl (C=O) groups excluding carboxylic acids is 1. The predicted octanol–water partition coefficient (Wildman–Crippen LogP) is 2.02. The number of ether oxygens (including phenoxy) is 1. The Morgan fingerprint density at radius 2 is 2.21 bits per heavy atom. The number of carbonyl (C=O) groups is 1. The molecule has 0 bridgehead atoms. The van der Waals surface area contributed by atoms with Crippen molar-refractivity contribution in [3.05, 3.63) is 18.2 Å². The maximum atomic E-state index is 11.7. The first-order chi connectivity index (χ1) is 9.02. The van der Waals surface area contributed by atoms with Crippen LogP contribution in [0.25, 0.3) is 11.1 Å². The van der Waals surface area contributed by atoms with Crippen LogP contribution in [0.15, 0.2) is 22.6 Å². The first-order valence-electron chi connectivity index (χ1n) is 6.02. The zero-order valence-corrected chi connectivity index (χ0v) is 11.1. The molecule has 6 heteroatoms. The number of anilines is 2. The van der Waals surface area contributed by atoms with Crippen LogP contribution in [0.4, 0.5) is 11.7 Å². The normalized spacial score (nSPS) is 12.6. The van der Waals surface area contributed by atoms with Crippen molar-refractivity contribution in [2.75, 3.05) is 18.2 Å². The van der Waals surface area contributed by atoms with E-state index in [-0.39, 0.29) is 17.9 Å². The molecule has 102 valence electrons. The summed E-state index contributed by atoms with van der Waals surface area (Å²) in [4.78, 5) is 15.9. The lowest BCUT2D eigenvalue weighted by molar-refractivity contribution is -0.142. The first kappa shape index (κ1) is 13.2. The number of hydrogen-bond donors (Lipinski definition) is 2. The van der Waals surface area contributed by atoms with Crippen molar-refractivity contribution in [1.82, 2.24) is 4.98 Å². The van der Waals surface area contributed by atoms with Crippen LogP contribution >= 0.6 is 0 Å². The van der Waals surface area contributed by atoms with Crippen LogP contribution in [-0.2, 0) is 9.53 Å². The molecule has 0 aliphatic carbocycles. The standard InChI is InChI=1S/C13H17N3O3/c1-7(2)10(12(17)18-3)15-13-16-11-8(14)5-4-6-9(11)19-13/h4-7,10H,14H2,1-3H3,(H,15,16). The number of nitrogens with two attached hydrogens (primary N) is 1. The van der Waals surface area contributed by atoms with Gasteiger partial charge in [-0.2, -0.15) is 4.98 Å². The van der Waals surface area contributed by atoms with Crippen LogP contribution in [0.3, 0.4) is 0 Å². The van der Waals surface area contributed by atoms with Gasteiger partial charge in [0, 0.05) is 0 Å². The number of methoxy groups -OCH3 is 1. The molecule has 2 rings (SSSR count). The van der Waals surface area contributed by atoms with E-state index in [0.717, 1.165) is 0 Å². The van der Waals surface area contributed by atoms with Crippen molar-refractivity contribution in [3.8, 4) is 0 Å². The van der Waals surface area contributed by atoms with E-state index in [9.17, 15) is 4.79 Å². The van der Waals surface area contributed by atoms with E-state index in [2.05, 4.69) is 10.3 Å². The Kier molecular flexibility index (Phi) is 3.59. The first-order valence-corrected chi connectivity index (χ1v) is 6.02. The molecule has 1 aromatic heterocycles. The van der Waals surface area contributed by atoms with Crippen molar-refractivity contribution in [3.63, 3.8) is 0 Å². The molecular formula is C13H17N3O3. The Hall–Kier alpha value is -2.24. The quantitative estimate of drug-likeness (QED) is 0.648. The Bertz CT molecular complexity index is 592. The molecule has 1 unspecified atom stereocenters. The van der Waals surface area contributed by atoms with Gasteiger partial charge < -0.3 is 20.2 Å². The highest BCUT2D eigenvalue weighted by Gasteiger charge is 2.24. The molecule has 3 N–H and O–H groups in total. The molecule has 0 amide bonds. The number of oxazole rings is 1. The van der Waals surface area contributed by atoms with Crippen LogP contribution in [0, 0.1) is 5.92 Å². The van der Waals surface area contributed by atoms with Crippen LogP contribution in [0.2, 0.25) is 0 Å². The number of esters is 1. The van der Waals surface area contributed by atoms with Gasteiger partial charge in [0.05, 0.1) is 12.8 Å². The fourth-order valence-electron chi connectivity index (χ4n) is 1.79. The number of hydrogen-bond acceptors (Lipinski definition) is 6. The van der Waals surface area contributed by atoms with Gasteiger partial charge in [0.15, 0.2) is 5.58 Å². The van der Waals surface area contributed by atoms with Gasteiger partial charge in [-0.25, -0.2) is 4.79 Å². The zero-order chi connectivity index (χ0) is 14.0. The van der Waals surface area contributed by atoms with E-state index in [0.29, 0.717) is 16.8 Å². The van der Waals surface area contributed by atoms with Gasteiger partial charge in [-0.1, -0.05) is 19.9 Å².